The highest BCUT2D eigenvalue weighted by Gasteiger charge is 2.27. The SMILES string of the molecule is Cc1c2c(cc3c4c(c(=O)oc13)CCC4)CN(c1ccc(F)cc1F)CO2. The smallest absolute Gasteiger partial charge is 0.339 e. The van der Waals surface area contributed by atoms with E-state index in [1.54, 1.807) is 4.90 Å². The molecule has 2 aliphatic rings. The predicted molar refractivity (Wildman–Crippen MR) is 97.3 cm³/mol. The molecule has 0 radical (unpaired) electrons. The van der Waals surface area contributed by atoms with Gasteiger partial charge in [0.1, 0.15) is 23.0 Å². The molecule has 0 unspecified atom stereocenters. The lowest BCUT2D eigenvalue weighted by Gasteiger charge is -2.32. The normalized spacial score (nSPS) is 15.6. The molecule has 0 saturated heterocycles. The molecular weight excluding hydrogens is 352 g/mol. The molecule has 6 heteroatoms. The first-order chi connectivity index (χ1) is 13.0. The van der Waals surface area contributed by atoms with Crippen molar-refractivity contribution in [2.24, 2.45) is 0 Å². The van der Waals surface area contributed by atoms with E-state index in [9.17, 15) is 13.6 Å². The van der Waals surface area contributed by atoms with Crippen LogP contribution in [0.4, 0.5) is 14.5 Å². The van der Waals surface area contributed by atoms with Crippen LogP contribution >= 0.6 is 0 Å². The molecule has 2 heterocycles. The minimum Gasteiger partial charge on any atom is -0.472 e. The molecule has 1 aromatic heterocycles. The second-order valence-corrected chi connectivity index (χ2v) is 7.13. The van der Waals surface area contributed by atoms with E-state index in [4.69, 9.17) is 9.15 Å². The Morgan fingerprint density at radius 1 is 1.11 bits per heavy atom. The van der Waals surface area contributed by atoms with Crippen LogP contribution in [0.5, 0.6) is 5.75 Å². The number of nitrogens with zero attached hydrogens (tertiary/aromatic N) is 1. The Bertz CT molecular complexity index is 1150. The van der Waals surface area contributed by atoms with Gasteiger partial charge in [-0.15, -0.1) is 0 Å². The average Bonchev–Trinajstić information content (AvgIpc) is 3.13. The maximum absolute atomic E-state index is 14.2. The van der Waals surface area contributed by atoms with E-state index >= 15 is 0 Å². The number of aryl methyl sites for hydroxylation is 2. The lowest BCUT2D eigenvalue weighted by atomic mass is 9.99. The summed E-state index contributed by atoms with van der Waals surface area (Å²) < 4.78 is 38.9. The van der Waals surface area contributed by atoms with Crippen LogP contribution in [0.3, 0.4) is 0 Å². The van der Waals surface area contributed by atoms with Crippen LogP contribution < -0.4 is 15.3 Å². The zero-order valence-electron chi connectivity index (χ0n) is 14.8. The Morgan fingerprint density at radius 2 is 1.93 bits per heavy atom. The first-order valence-electron chi connectivity index (χ1n) is 8.97. The first kappa shape index (κ1) is 16.3. The van der Waals surface area contributed by atoms with Gasteiger partial charge in [-0.25, -0.2) is 13.6 Å². The van der Waals surface area contributed by atoms with Gasteiger partial charge in [-0.05, 0) is 49.9 Å². The summed E-state index contributed by atoms with van der Waals surface area (Å²) in [4.78, 5) is 14.0. The van der Waals surface area contributed by atoms with Crippen molar-refractivity contribution in [3.05, 3.63) is 68.6 Å². The number of ether oxygens (including phenoxy) is 1. The minimum absolute atomic E-state index is 0.136. The van der Waals surface area contributed by atoms with Gasteiger partial charge in [-0.2, -0.15) is 0 Å². The van der Waals surface area contributed by atoms with Crippen LogP contribution in [0, 0.1) is 18.6 Å². The summed E-state index contributed by atoms with van der Waals surface area (Å²) in [6, 6.07) is 5.52. The molecule has 0 fully saturated rings. The number of hydrogen-bond donors (Lipinski definition) is 0. The van der Waals surface area contributed by atoms with Gasteiger partial charge >= 0.3 is 5.63 Å². The summed E-state index contributed by atoms with van der Waals surface area (Å²) in [5, 5.41) is 0.934. The van der Waals surface area contributed by atoms with E-state index in [1.807, 2.05) is 13.0 Å². The Kier molecular flexibility index (Phi) is 3.50. The molecule has 0 atom stereocenters. The topological polar surface area (TPSA) is 42.7 Å². The van der Waals surface area contributed by atoms with E-state index in [-0.39, 0.29) is 12.4 Å². The summed E-state index contributed by atoms with van der Waals surface area (Å²) >= 11 is 0. The fourth-order valence-corrected chi connectivity index (χ4v) is 4.23. The molecular formula is C21H17F2NO3. The van der Waals surface area contributed by atoms with E-state index in [0.717, 1.165) is 53.0 Å². The average molecular weight is 369 g/mol. The van der Waals surface area contributed by atoms with Gasteiger partial charge in [0.2, 0.25) is 0 Å². The molecule has 0 bridgehead atoms. The van der Waals surface area contributed by atoms with Gasteiger partial charge in [0.15, 0.2) is 6.73 Å². The lowest BCUT2D eigenvalue weighted by Crippen LogP contribution is -2.33. The largest absolute Gasteiger partial charge is 0.472 e. The number of halogens is 2. The maximum Gasteiger partial charge on any atom is 0.339 e. The molecule has 138 valence electrons. The summed E-state index contributed by atoms with van der Waals surface area (Å²) in [7, 11) is 0. The summed E-state index contributed by atoms with van der Waals surface area (Å²) in [6.07, 6.45) is 2.54. The third-order valence-corrected chi connectivity index (χ3v) is 5.50. The highest BCUT2D eigenvalue weighted by Crippen LogP contribution is 2.39. The highest BCUT2D eigenvalue weighted by molar-refractivity contribution is 5.87. The number of fused-ring (bicyclic) bond motifs is 4. The van der Waals surface area contributed by atoms with Gasteiger partial charge in [-0.3, -0.25) is 0 Å². The zero-order valence-corrected chi connectivity index (χ0v) is 14.8. The second-order valence-electron chi connectivity index (χ2n) is 7.13. The molecule has 0 N–H and O–H groups in total. The molecule has 27 heavy (non-hydrogen) atoms. The van der Waals surface area contributed by atoms with Crippen molar-refractivity contribution in [3.8, 4) is 5.75 Å². The van der Waals surface area contributed by atoms with Crippen LogP contribution in [-0.4, -0.2) is 6.73 Å². The van der Waals surface area contributed by atoms with Crippen molar-refractivity contribution in [2.45, 2.75) is 32.7 Å². The maximum atomic E-state index is 14.2. The Balaban J connectivity index is 1.64. The van der Waals surface area contributed by atoms with E-state index in [1.165, 1.54) is 12.1 Å². The number of anilines is 1. The number of benzene rings is 2. The van der Waals surface area contributed by atoms with Crippen LogP contribution in [0.2, 0.25) is 0 Å². The Hall–Kier alpha value is -2.89. The quantitative estimate of drug-likeness (QED) is 0.602. The molecule has 1 aliphatic carbocycles. The number of hydrogen-bond acceptors (Lipinski definition) is 4. The van der Waals surface area contributed by atoms with Gasteiger partial charge in [0.25, 0.3) is 0 Å². The third kappa shape index (κ3) is 2.43. The number of rotatable bonds is 1. The van der Waals surface area contributed by atoms with Crippen molar-refractivity contribution in [1.29, 1.82) is 0 Å². The zero-order chi connectivity index (χ0) is 18.7. The van der Waals surface area contributed by atoms with Gasteiger partial charge in [0, 0.05) is 34.7 Å². The Morgan fingerprint density at radius 3 is 2.74 bits per heavy atom. The van der Waals surface area contributed by atoms with Crippen molar-refractivity contribution in [2.75, 3.05) is 11.6 Å². The molecule has 0 saturated carbocycles. The van der Waals surface area contributed by atoms with Crippen LogP contribution in [0.1, 0.15) is 28.7 Å². The van der Waals surface area contributed by atoms with Crippen molar-refractivity contribution in [1.82, 2.24) is 0 Å². The van der Waals surface area contributed by atoms with E-state index < -0.39 is 11.6 Å². The monoisotopic (exact) mass is 369 g/mol. The molecule has 0 amide bonds. The van der Waals surface area contributed by atoms with Crippen LogP contribution in [0.15, 0.2) is 33.5 Å². The van der Waals surface area contributed by atoms with Gasteiger partial charge in [-0.1, -0.05) is 0 Å². The summed E-state index contributed by atoms with van der Waals surface area (Å²) in [6.45, 7) is 2.44. The van der Waals surface area contributed by atoms with E-state index in [0.29, 0.717) is 23.6 Å². The molecule has 3 aromatic rings. The standard InChI is InChI=1S/C21H17F2NO3/c1-11-19-12(7-16-14-3-2-4-15(14)21(25)27-20(11)16)9-24(10-26-19)18-6-5-13(22)8-17(18)23/h5-8H,2-4,9-10H2,1H3. The van der Waals surface area contributed by atoms with Gasteiger partial charge < -0.3 is 14.1 Å². The van der Waals surface area contributed by atoms with Crippen LogP contribution in [-0.2, 0) is 19.4 Å². The molecule has 5 rings (SSSR count). The first-order valence-corrected chi connectivity index (χ1v) is 8.97. The van der Waals surface area contributed by atoms with Crippen molar-refractivity contribution in [3.63, 3.8) is 0 Å². The fourth-order valence-electron chi connectivity index (χ4n) is 4.23. The highest BCUT2D eigenvalue weighted by atomic mass is 19.1. The summed E-state index contributed by atoms with van der Waals surface area (Å²) in [5.41, 5.74) is 4.11. The minimum atomic E-state index is -0.619. The molecule has 4 nitrogen and oxygen atoms in total. The third-order valence-electron chi connectivity index (χ3n) is 5.50. The predicted octanol–water partition coefficient (Wildman–Crippen LogP) is 4.22. The molecule has 2 aromatic carbocycles. The van der Waals surface area contributed by atoms with Gasteiger partial charge in [0.05, 0.1) is 5.69 Å². The van der Waals surface area contributed by atoms with Crippen molar-refractivity contribution < 1.29 is 17.9 Å². The van der Waals surface area contributed by atoms with Crippen LogP contribution in [0.25, 0.3) is 11.0 Å². The second kappa shape index (κ2) is 5.81. The fraction of sp³-hybridized carbons (Fsp3) is 0.286. The van der Waals surface area contributed by atoms with Crippen molar-refractivity contribution >= 4 is 16.7 Å². The molecule has 0 spiro atoms. The lowest BCUT2D eigenvalue weighted by molar-refractivity contribution is 0.285. The van der Waals surface area contributed by atoms with E-state index in [2.05, 4.69) is 0 Å². The summed E-state index contributed by atoms with van der Waals surface area (Å²) in [5.74, 6) is -0.559. The molecule has 1 aliphatic heterocycles. The Labute approximate surface area is 154 Å².